The molecule has 0 amide bonds. The summed E-state index contributed by atoms with van der Waals surface area (Å²) in [7, 11) is 3.01. The van der Waals surface area contributed by atoms with Gasteiger partial charge in [0.2, 0.25) is 0 Å². The third kappa shape index (κ3) is 5.14. The van der Waals surface area contributed by atoms with Gasteiger partial charge in [-0.1, -0.05) is 6.07 Å². The highest BCUT2D eigenvalue weighted by atomic mass is 19.1. The summed E-state index contributed by atoms with van der Waals surface area (Å²) in [6.45, 7) is 2.97. The van der Waals surface area contributed by atoms with Crippen molar-refractivity contribution in [2.45, 2.75) is 25.5 Å². The molecule has 1 aromatic carbocycles. The maximum atomic E-state index is 13.3. The average Bonchev–Trinajstić information content (AvgIpc) is 2.39. The van der Waals surface area contributed by atoms with Crippen molar-refractivity contribution >= 4 is 0 Å². The molecule has 0 bridgehead atoms. The molecule has 19 heavy (non-hydrogen) atoms. The second-order valence-electron chi connectivity index (χ2n) is 4.47. The number of hydrogen-bond donors (Lipinski definition) is 2. The van der Waals surface area contributed by atoms with Crippen LogP contribution in [0.1, 0.15) is 24.9 Å². The molecule has 0 heterocycles. The van der Waals surface area contributed by atoms with Crippen LogP contribution < -0.4 is 10.1 Å². The highest BCUT2D eigenvalue weighted by Gasteiger charge is 2.10. The summed E-state index contributed by atoms with van der Waals surface area (Å²) in [6.07, 6.45) is 0.142. The molecule has 0 aromatic heterocycles. The van der Waals surface area contributed by atoms with Crippen molar-refractivity contribution < 1.29 is 19.0 Å². The third-order valence-corrected chi connectivity index (χ3v) is 2.96. The van der Waals surface area contributed by atoms with Crippen LogP contribution in [0.15, 0.2) is 18.2 Å². The SMILES string of the molecule is COCC(O)CCNC(C)c1ccc(F)c(OC)c1. The monoisotopic (exact) mass is 271 g/mol. The van der Waals surface area contributed by atoms with Crippen molar-refractivity contribution in [2.24, 2.45) is 0 Å². The summed E-state index contributed by atoms with van der Waals surface area (Å²) in [5.74, 6) is -0.125. The van der Waals surface area contributed by atoms with E-state index in [-0.39, 0.29) is 17.6 Å². The summed E-state index contributed by atoms with van der Waals surface area (Å²) >= 11 is 0. The van der Waals surface area contributed by atoms with Gasteiger partial charge in [0, 0.05) is 13.2 Å². The predicted molar refractivity (Wildman–Crippen MR) is 71.9 cm³/mol. The maximum absolute atomic E-state index is 13.3. The summed E-state index contributed by atoms with van der Waals surface area (Å²) in [5.41, 5.74) is 0.944. The largest absolute Gasteiger partial charge is 0.494 e. The molecule has 2 N–H and O–H groups in total. The number of aliphatic hydroxyl groups is 1. The zero-order chi connectivity index (χ0) is 14.3. The van der Waals surface area contributed by atoms with Crippen LogP contribution in [0.25, 0.3) is 0 Å². The Morgan fingerprint density at radius 2 is 2.11 bits per heavy atom. The molecule has 5 heteroatoms. The van der Waals surface area contributed by atoms with Crippen LogP contribution in [0, 0.1) is 5.82 Å². The summed E-state index contributed by atoms with van der Waals surface area (Å²) in [6, 6.07) is 4.86. The molecule has 0 saturated carbocycles. The zero-order valence-electron chi connectivity index (χ0n) is 11.6. The second-order valence-corrected chi connectivity index (χ2v) is 4.47. The Balaban J connectivity index is 2.47. The molecule has 0 aliphatic heterocycles. The van der Waals surface area contributed by atoms with Crippen molar-refractivity contribution in [1.29, 1.82) is 0 Å². The Kier molecular flexibility index (Phi) is 6.77. The number of rotatable bonds is 8. The fourth-order valence-corrected chi connectivity index (χ4v) is 1.81. The minimum absolute atomic E-state index is 0.0595. The zero-order valence-corrected chi connectivity index (χ0v) is 11.6. The number of hydrogen-bond acceptors (Lipinski definition) is 4. The van der Waals surface area contributed by atoms with Gasteiger partial charge in [0.15, 0.2) is 11.6 Å². The average molecular weight is 271 g/mol. The number of halogens is 1. The van der Waals surface area contributed by atoms with Gasteiger partial charge in [-0.05, 0) is 37.6 Å². The van der Waals surface area contributed by atoms with Gasteiger partial charge in [0.1, 0.15) is 0 Å². The smallest absolute Gasteiger partial charge is 0.165 e. The molecule has 0 aliphatic rings. The highest BCUT2D eigenvalue weighted by molar-refractivity contribution is 5.31. The minimum Gasteiger partial charge on any atom is -0.494 e. The van der Waals surface area contributed by atoms with Crippen LogP contribution in [0.5, 0.6) is 5.75 Å². The Morgan fingerprint density at radius 3 is 2.74 bits per heavy atom. The van der Waals surface area contributed by atoms with Gasteiger partial charge in [-0.25, -0.2) is 4.39 Å². The number of aliphatic hydroxyl groups excluding tert-OH is 1. The normalized spacial score (nSPS) is 14.2. The van der Waals surface area contributed by atoms with Crippen molar-refractivity contribution in [3.05, 3.63) is 29.6 Å². The molecule has 0 fully saturated rings. The van der Waals surface area contributed by atoms with Crippen molar-refractivity contribution in [3.63, 3.8) is 0 Å². The van der Waals surface area contributed by atoms with E-state index in [0.717, 1.165) is 5.56 Å². The Labute approximate surface area is 113 Å². The van der Waals surface area contributed by atoms with Crippen LogP contribution in [-0.2, 0) is 4.74 Å². The second kappa shape index (κ2) is 8.09. The van der Waals surface area contributed by atoms with Crippen LogP contribution >= 0.6 is 0 Å². The van der Waals surface area contributed by atoms with E-state index < -0.39 is 6.10 Å². The quantitative estimate of drug-likeness (QED) is 0.758. The Bertz CT molecular complexity index is 387. The Hall–Kier alpha value is -1.17. The minimum atomic E-state index is -0.465. The number of nitrogens with one attached hydrogen (secondary N) is 1. The van der Waals surface area contributed by atoms with E-state index in [1.807, 2.05) is 6.92 Å². The lowest BCUT2D eigenvalue weighted by Gasteiger charge is -2.16. The molecular weight excluding hydrogens is 249 g/mol. The van der Waals surface area contributed by atoms with Gasteiger partial charge in [-0.15, -0.1) is 0 Å². The molecule has 2 atom stereocenters. The van der Waals surface area contributed by atoms with E-state index in [0.29, 0.717) is 19.6 Å². The van der Waals surface area contributed by atoms with Gasteiger partial charge < -0.3 is 19.9 Å². The lowest BCUT2D eigenvalue weighted by atomic mass is 10.1. The van der Waals surface area contributed by atoms with E-state index in [1.54, 1.807) is 19.2 Å². The molecule has 4 nitrogen and oxygen atoms in total. The molecule has 108 valence electrons. The van der Waals surface area contributed by atoms with E-state index in [4.69, 9.17) is 9.47 Å². The van der Waals surface area contributed by atoms with Gasteiger partial charge in [0.25, 0.3) is 0 Å². The van der Waals surface area contributed by atoms with Crippen molar-refractivity contribution in [3.8, 4) is 5.75 Å². The van der Waals surface area contributed by atoms with Gasteiger partial charge in [0.05, 0.1) is 19.8 Å². The molecule has 2 unspecified atom stereocenters. The summed E-state index contributed by atoms with van der Waals surface area (Å²) in [4.78, 5) is 0. The predicted octanol–water partition coefficient (Wildman–Crippen LogP) is 1.88. The van der Waals surface area contributed by atoms with Gasteiger partial charge in [-0.2, -0.15) is 0 Å². The molecule has 0 radical (unpaired) electrons. The lowest BCUT2D eigenvalue weighted by molar-refractivity contribution is 0.0590. The first-order valence-corrected chi connectivity index (χ1v) is 6.32. The Morgan fingerprint density at radius 1 is 1.37 bits per heavy atom. The first-order valence-electron chi connectivity index (χ1n) is 6.32. The van der Waals surface area contributed by atoms with E-state index >= 15 is 0 Å². The molecular formula is C14H22FNO3. The first-order chi connectivity index (χ1) is 9.08. The number of benzene rings is 1. The first kappa shape index (κ1) is 15.9. The lowest BCUT2D eigenvalue weighted by Crippen LogP contribution is -2.25. The van der Waals surface area contributed by atoms with E-state index in [2.05, 4.69) is 5.32 Å². The van der Waals surface area contributed by atoms with Crippen LogP contribution in [-0.4, -0.2) is 38.6 Å². The van der Waals surface area contributed by atoms with E-state index in [1.165, 1.54) is 13.2 Å². The van der Waals surface area contributed by atoms with Gasteiger partial charge >= 0.3 is 0 Å². The van der Waals surface area contributed by atoms with Crippen LogP contribution in [0.3, 0.4) is 0 Å². The number of ether oxygens (including phenoxy) is 2. The highest BCUT2D eigenvalue weighted by Crippen LogP contribution is 2.22. The number of methoxy groups -OCH3 is 2. The van der Waals surface area contributed by atoms with E-state index in [9.17, 15) is 9.50 Å². The molecule has 0 spiro atoms. The molecule has 0 aliphatic carbocycles. The van der Waals surface area contributed by atoms with Crippen molar-refractivity contribution in [1.82, 2.24) is 5.32 Å². The van der Waals surface area contributed by atoms with Crippen LogP contribution in [0.2, 0.25) is 0 Å². The van der Waals surface area contributed by atoms with Crippen molar-refractivity contribution in [2.75, 3.05) is 27.4 Å². The fourth-order valence-electron chi connectivity index (χ4n) is 1.81. The standard InChI is InChI=1S/C14H22FNO3/c1-10(16-7-6-12(17)9-18-2)11-4-5-13(15)14(8-11)19-3/h4-5,8,10,12,16-17H,6-7,9H2,1-3H3. The molecule has 1 aromatic rings. The fraction of sp³-hybridized carbons (Fsp3) is 0.571. The van der Waals surface area contributed by atoms with Crippen LogP contribution in [0.4, 0.5) is 4.39 Å². The third-order valence-electron chi connectivity index (χ3n) is 2.96. The topological polar surface area (TPSA) is 50.7 Å². The van der Waals surface area contributed by atoms with Gasteiger partial charge in [-0.3, -0.25) is 0 Å². The maximum Gasteiger partial charge on any atom is 0.165 e. The molecule has 1 rings (SSSR count). The summed E-state index contributed by atoms with van der Waals surface area (Å²) < 4.78 is 23.1. The molecule has 0 saturated heterocycles. The summed E-state index contributed by atoms with van der Waals surface area (Å²) in [5, 5.41) is 12.8.